The summed E-state index contributed by atoms with van der Waals surface area (Å²) in [5.74, 6) is 0.0482. The molecule has 1 heterocycles. The first-order valence-electron chi connectivity index (χ1n) is 11.6. The van der Waals surface area contributed by atoms with Gasteiger partial charge in [-0.25, -0.2) is 0 Å². The Balaban J connectivity index is 1.74. The second kappa shape index (κ2) is 7.86. The van der Waals surface area contributed by atoms with E-state index in [0.29, 0.717) is 11.1 Å². The molecule has 1 aliphatic carbocycles. The first-order chi connectivity index (χ1) is 14.6. The third kappa shape index (κ3) is 3.66. The molecular weight excluding hydrogens is 402 g/mol. The average Bonchev–Trinajstić information content (AvgIpc) is 2.97. The Morgan fingerprint density at radius 2 is 1.74 bits per heavy atom. The third-order valence-electron chi connectivity index (χ3n) is 7.82. The molecule has 31 heavy (non-hydrogen) atoms. The van der Waals surface area contributed by atoms with Crippen LogP contribution in [0.2, 0.25) is 18.1 Å². The smallest absolute Gasteiger partial charge is 0.255 e. The van der Waals surface area contributed by atoms with Gasteiger partial charge in [-0.3, -0.25) is 9.59 Å². The van der Waals surface area contributed by atoms with Crippen LogP contribution >= 0.6 is 0 Å². The molecule has 166 valence electrons. The standard InChI is InChI=1S/C26H35NO3Si/c1-17-24-20-12-8-7-11-19(20)18(16-28)15-21(24)25(29)27(17)22-13-9-10-14-23(22)30-31(5,6)26(2,3)4/h7-8,11-12,15-17,22-23H,9-10,13-14H2,1-6H3/t17?,22-,23-/m0/s1. The lowest BCUT2D eigenvalue weighted by Gasteiger charge is -2.46. The molecule has 0 aromatic heterocycles. The summed E-state index contributed by atoms with van der Waals surface area (Å²) in [7, 11) is -1.95. The molecule has 1 fully saturated rings. The van der Waals surface area contributed by atoms with Crippen LogP contribution in [0, 0.1) is 0 Å². The Labute approximate surface area is 187 Å². The molecule has 5 heteroatoms. The number of fused-ring (bicyclic) bond motifs is 3. The van der Waals surface area contributed by atoms with E-state index in [4.69, 9.17) is 4.43 Å². The van der Waals surface area contributed by atoms with Gasteiger partial charge in [0.05, 0.1) is 18.2 Å². The Bertz CT molecular complexity index is 1020. The Hall–Kier alpha value is -1.98. The van der Waals surface area contributed by atoms with Crippen molar-refractivity contribution in [2.45, 2.75) is 89.7 Å². The number of carbonyl (C=O) groups is 2. The molecule has 2 aromatic rings. The van der Waals surface area contributed by atoms with E-state index < -0.39 is 8.32 Å². The van der Waals surface area contributed by atoms with Gasteiger partial charge in [0, 0.05) is 11.1 Å². The van der Waals surface area contributed by atoms with Gasteiger partial charge < -0.3 is 9.33 Å². The van der Waals surface area contributed by atoms with Crippen LogP contribution in [0.25, 0.3) is 10.8 Å². The van der Waals surface area contributed by atoms with Crippen molar-refractivity contribution in [2.24, 2.45) is 0 Å². The zero-order chi connectivity index (χ0) is 22.6. The first kappa shape index (κ1) is 22.2. The number of aldehydes is 1. The molecule has 4 rings (SSSR count). The molecule has 2 aromatic carbocycles. The summed E-state index contributed by atoms with van der Waals surface area (Å²) in [5, 5.41) is 2.08. The van der Waals surface area contributed by atoms with Crippen molar-refractivity contribution in [3.8, 4) is 0 Å². The van der Waals surface area contributed by atoms with Gasteiger partial charge in [-0.2, -0.15) is 0 Å². The van der Waals surface area contributed by atoms with Gasteiger partial charge in [-0.05, 0) is 60.3 Å². The Morgan fingerprint density at radius 1 is 1.10 bits per heavy atom. The average molecular weight is 438 g/mol. The largest absolute Gasteiger partial charge is 0.412 e. The van der Waals surface area contributed by atoms with Crippen molar-refractivity contribution >= 4 is 31.3 Å². The SMILES string of the molecule is CC1c2c(cc(C=O)c3ccccc23)C(=O)N1[C@H]1CCCC[C@@H]1O[Si](C)(C)C(C)(C)C. The molecule has 0 spiro atoms. The molecule has 0 saturated heterocycles. The topological polar surface area (TPSA) is 46.6 Å². The maximum atomic E-state index is 13.7. The summed E-state index contributed by atoms with van der Waals surface area (Å²) in [6.45, 7) is 13.5. The highest BCUT2D eigenvalue weighted by Crippen LogP contribution is 2.45. The molecule has 4 nitrogen and oxygen atoms in total. The van der Waals surface area contributed by atoms with E-state index in [-0.39, 0.29) is 29.1 Å². The van der Waals surface area contributed by atoms with E-state index in [2.05, 4.69) is 45.7 Å². The fourth-order valence-electron chi connectivity index (χ4n) is 5.13. The van der Waals surface area contributed by atoms with Crippen molar-refractivity contribution in [1.82, 2.24) is 4.90 Å². The maximum Gasteiger partial charge on any atom is 0.255 e. The highest BCUT2D eigenvalue weighted by atomic mass is 28.4. The van der Waals surface area contributed by atoms with Crippen molar-refractivity contribution in [3.63, 3.8) is 0 Å². The van der Waals surface area contributed by atoms with Gasteiger partial charge in [0.1, 0.15) is 0 Å². The minimum Gasteiger partial charge on any atom is -0.412 e. The zero-order valence-corrected chi connectivity index (χ0v) is 20.7. The number of rotatable bonds is 4. The molecule has 1 unspecified atom stereocenters. The van der Waals surface area contributed by atoms with Crippen LogP contribution in [-0.4, -0.2) is 37.6 Å². The fourth-order valence-corrected chi connectivity index (χ4v) is 6.52. The van der Waals surface area contributed by atoms with Crippen molar-refractivity contribution in [3.05, 3.63) is 47.0 Å². The quantitative estimate of drug-likeness (QED) is 0.405. The van der Waals surface area contributed by atoms with Crippen molar-refractivity contribution in [2.75, 3.05) is 0 Å². The van der Waals surface area contributed by atoms with Gasteiger partial charge in [-0.1, -0.05) is 57.9 Å². The molecule has 0 bridgehead atoms. The van der Waals surface area contributed by atoms with E-state index in [1.165, 1.54) is 0 Å². The van der Waals surface area contributed by atoms with Crippen LogP contribution in [0.5, 0.6) is 0 Å². The Kier molecular flexibility index (Phi) is 5.63. The summed E-state index contributed by atoms with van der Waals surface area (Å²) >= 11 is 0. The number of benzene rings is 2. The minimum absolute atomic E-state index is 0.0262. The summed E-state index contributed by atoms with van der Waals surface area (Å²) in [6.07, 6.45) is 5.19. The molecule has 3 atom stereocenters. The number of carbonyl (C=O) groups excluding carboxylic acids is 2. The Morgan fingerprint density at radius 3 is 2.39 bits per heavy atom. The summed E-state index contributed by atoms with van der Waals surface area (Å²) in [5.41, 5.74) is 2.34. The molecule has 2 aliphatic rings. The van der Waals surface area contributed by atoms with Crippen LogP contribution in [0.3, 0.4) is 0 Å². The molecule has 1 amide bonds. The molecule has 1 aliphatic heterocycles. The fraction of sp³-hybridized carbons (Fsp3) is 0.538. The number of hydrogen-bond acceptors (Lipinski definition) is 3. The highest BCUT2D eigenvalue weighted by Gasteiger charge is 2.47. The summed E-state index contributed by atoms with van der Waals surface area (Å²) in [4.78, 5) is 27.5. The van der Waals surface area contributed by atoms with Crippen molar-refractivity contribution < 1.29 is 14.0 Å². The van der Waals surface area contributed by atoms with Crippen LogP contribution in [0.1, 0.15) is 85.7 Å². The monoisotopic (exact) mass is 437 g/mol. The maximum absolute atomic E-state index is 13.7. The van der Waals surface area contributed by atoms with Gasteiger partial charge in [-0.15, -0.1) is 0 Å². The number of nitrogens with zero attached hydrogens (tertiary/aromatic N) is 1. The zero-order valence-electron chi connectivity index (χ0n) is 19.7. The molecule has 0 N–H and O–H groups in total. The predicted molar refractivity (Wildman–Crippen MR) is 128 cm³/mol. The number of amides is 1. The highest BCUT2D eigenvalue weighted by molar-refractivity contribution is 6.74. The first-order valence-corrected chi connectivity index (χ1v) is 14.5. The van der Waals surface area contributed by atoms with E-state index in [9.17, 15) is 9.59 Å². The lowest BCUT2D eigenvalue weighted by Crippen LogP contribution is -2.53. The van der Waals surface area contributed by atoms with Gasteiger partial charge >= 0.3 is 0 Å². The molecule has 1 saturated carbocycles. The van der Waals surface area contributed by atoms with E-state index >= 15 is 0 Å². The molecular formula is C26H35NO3Si. The number of hydrogen-bond donors (Lipinski definition) is 0. The summed E-state index contributed by atoms with van der Waals surface area (Å²) < 4.78 is 6.88. The van der Waals surface area contributed by atoms with Crippen LogP contribution in [0.15, 0.2) is 30.3 Å². The van der Waals surface area contributed by atoms with Crippen LogP contribution in [0.4, 0.5) is 0 Å². The lowest BCUT2D eigenvalue weighted by atomic mass is 9.90. The van der Waals surface area contributed by atoms with Crippen molar-refractivity contribution in [1.29, 1.82) is 0 Å². The van der Waals surface area contributed by atoms with E-state index in [0.717, 1.165) is 48.3 Å². The van der Waals surface area contributed by atoms with Gasteiger partial charge in [0.2, 0.25) is 0 Å². The molecule has 0 radical (unpaired) electrons. The van der Waals surface area contributed by atoms with Crippen LogP contribution in [-0.2, 0) is 4.43 Å². The van der Waals surface area contributed by atoms with E-state index in [1.54, 1.807) is 6.07 Å². The second-order valence-electron chi connectivity index (χ2n) is 10.7. The second-order valence-corrected chi connectivity index (χ2v) is 15.5. The lowest BCUT2D eigenvalue weighted by molar-refractivity contribution is 0.0150. The summed E-state index contributed by atoms with van der Waals surface area (Å²) in [6, 6.07) is 9.81. The third-order valence-corrected chi connectivity index (χ3v) is 12.3. The minimum atomic E-state index is -1.95. The normalized spacial score (nSPS) is 24.5. The van der Waals surface area contributed by atoms with E-state index in [1.807, 2.05) is 24.3 Å². The van der Waals surface area contributed by atoms with Gasteiger partial charge in [0.25, 0.3) is 5.91 Å². The van der Waals surface area contributed by atoms with Crippen LogP contribution < -0.4 is 0 Å². The predicted octanol–water partition coefficient (Wildman–Crippen LogP) is 6.50. The van der Waals surface area contributed by atoms with Gasteiger partial charge in [0.15, 0.2) is 14.6 Å².